The minimum absolute atomic E-state index is 0.116. The second kappa shape index (κ2) is 7.92. The molecule has 0 bridgehead atoms. The number of nitrogens with one attached hydrogen (secondary N) is 2. The average Bonchev–Trinajstić information content (AvgIpc) is 3.26. The van der Waals surface area contributed by atoms with Crippen molar-refractivity contribution >= 4 is 29.0 Å². The molecule has 0 unspecified atom stereocenters. The second-order valence-electron chi connectivity index (χ2n) is 5.56. The second-order valence-corrected chi connectivity index (χ2v) is 6.54. The summed E-state index contributed by atoms with van der Waals surface area (Å²) < 4.78 is 0. The van der Waals surface area contributed by atoms with E-state index in [9.17, 15) is 9.59 Å². The topological polar surface area (TPSA) is 74.3 Å². The van der Waals surface area contributed by atoms with Gasteiger partial charge in [-0.25, -0.2) is 9.78 Å². The van der Waals surface area contributed by atoms with Crippen LogP contribution in [0, 0.1) is 0 Å². The van der Waals surface area contributed by atoms with Crippen LogP contribution < -0.4 is 15.5 Å². The van der Waals surface area contributed by atoms with Crippen molar-refractivity contribution in [2.75, 3.05) is 18.0 Å². The Morgan fingerprint density at radius 2 is 2.12 bits per heavy atom. The summed E-state index contributed by atoms with van der Waals surface area (Å²) in [5.41, 5.74) is 2.25. The number of carbonyl (C=O) groups is 2. The lowest BCUT2D eigenvalue weighted by Crippen LogP contribution is -2.36. The van der Waals surface area contributed by atoms with Gasteiger partial charge in [0.1, 0.15) is 5.01 Å². The molecule has 3 amide bonds. The molecule has 0 radical (unpaired) electrons. The molecule has 0 atom stereocenters. The molecule has 2 aromatic rings. The molecule has 6 nitrogen and oxygen atoms in total. The zero-order valence-corrected chi connectivity index (χ0v) is 14.1. The molecular weight excluding hydrogens is 324 g/mol. The molecule has 0 fully saturated rings. The summed E-state index contributed by atoms with van der Waals surface area (Å²) in [4.78, 5) is 29.9. The van der Waals surface area contributed by atoms with Crippen LogP contribution in [0.5, 0.6) is 0 Å². The fourth-order valence-corrected chi connectivity index (χ4v) is 3.29. The van der Waals surface area contributed by atoms with E-state index in [0.717, 1.165) is 23.7 Å². The minimum atomic E-state index is -0.232. The molecule has 0 saturated carbocycles. The highest BCUT2D eigenvalue weighted by Gasteiger charge is 2.23. The van der Waals surface area contributed by atoms with Crippen molar-refractivity contribution in [3.63, 3.8) is 0 Å². The van der Waals surface area contributed by atoms with Gasteiger partial charge < -0.3 is 15.5 Å². The third kappa shape index (κ3) is 4.11. The third-order valence-corrected chi connectivity index (χ3v) is 4.70. The van der Waals surface area contributed by atoms with Gasteiger partial charge in [-0.1, -0.05) is 18.2 Å². The molecule has 3 rings (SSSR count). The first-order valence-corrected chi connectivity index (χ1v) is 8.90. The first-order chi connectivity index (χ1) is 11.7. The van der Waals surface area contributed by atoms with Crippen molar-refractivity contribution in [3.05, 3.63) is 46.4 Å². The summed E-state index contributed by atoms with van der Waals surface area (Å²) in [5.74, 6) is 0.116. The Morgan fingerprint density at radius 3 is 2.96 bits per heavy atom. The number of para-hydroxylation sites is 1. The number of aromatic nitrogens is 1. The van der Waals surface area contributed by atoms with Crippen LogP contribution in [0.4, 0.5) is 10.5 Å². The highest BCUT2D eigenvalue weighted by atomic mass is 32.1. The number of hydrogen-bond donors (Lipinski definition) is 2. The Morgan fingerprint density at radius 1 is 1.25 bits per heavy atom. The summed E-state index contributed by atoms with van der Waals surface area (Å²) in [6.45, 7) is 1.65. The zero-order chi connectivity index (χ0) is 16.8. The number of amides is 3. The summed E-state index contributed by atoms with van der Waals surface area (Å²) in [6, 6.07) is 7.78. The quantitative estimate of drug-likeness (QED) is 0.790. The number of hydrogen-bond acceptors (Lipinski definition) is 4. The van der Waals surface area contributed by atoms with E-state index in [-0.39, 0.29) is 11.9 Å². The van der Waals surface area contributed by atoms with Crippen molar-refractivity contribution in [3.8, 4) is 0 Å². The van der Waals surface area contributed by atoms with Gasteiger partial charge >= 0.3 is 6.03 Å². The number of urea groups is 1. The van der Waals surface area contributed by atoms with E-state index in [0.29, 0.717) is 25.9 Å². The molecule has 2 N–H and O–H groups in total. The number of thiazole rings is 1. The number of rotatable bonds is 6. The molecule has 1 aliphatic heterocycles. The largest absolute Gasteiger partial charge is 0.338 e. The summed E-state index contributed by atoms with van der Waals surface area (Å²) in [5, 5.41) is 8.25. The SMILES string of the molecule is O=C(NCCCC(=O)N1CCc2ccccc21)NCc1nccs1. The lowest BCUT2D eigenvalue weighted by atomic mass is 10.2. The standard InChI is InChI=1S/C17H20N4O2S/c22-16(21-10-7-13-4-1-2-5-14(13)21)6-3-8-19-17(23)20-12-15-18-9-11-24-15/h1-2,4-5,9,11H,3,6-8,10,12H2,(H2,19,20,23). The van der Waals surface area contributed by atoms with Gasteiger partial charge in [0.15, 0.2) is 0 Å². The molecule has 1 aromatic heterocycles. The van der Waals surface area contributed by atoms with Crippen molar-refractivity contribution in [1.82, 2.24) is 15.6 Å². The van der Waals surface area contributed by atoms with E-state index >= 15 is 0 Å². The fourth-order valence-electron chi connectivity index (χ4n) is 2.73. The summed E-state index contributed by atoms with van der Waals surface area (Å²) in [6.07, 6.45) is 3.68. The van der Waals surface area contributed by atoms with Gasteiger partial charge in [0, 0.05) is 36.8 Å². The van der Waals surface area contributed by atoms with Crippen molar-refractivity contribution in [2.24, 2.45) is 0 Å². The molecule has 7 heteroatoms. The normalized spacial score (nSPS) is 12.8. The Bertz CT molecular complexity index is 702. The van der Waals surface area contributed by atoms with Crippen LogP contribution in [0.1, 0.15) is 23.4 Å². The van der Waals surface area contributed by atoms with Gasteiger partial charge in [-0.2, -0.15) is 0 Å². The van der Waals surface area contributed by atoms with E-state index < -0.39 is 0 Å². The highest BCUT2D eigenvalue weighted by molar-refractivity contribution is 7.09. The molecular formula is C17H20N4O2S. The monoisotopic (exact) mass is 344 g/mol. The van der Waals surface area contributed by atoms with Crippen LogP contribution in [0.25, 0.3) is 0 Å². The van der Waals surface area contributed by atoms with Gasteiger partial charge in [0.2, 0.25) is 5.91 Å². The first-order valence-electron chi connectivity index (χ1n) is 8.02. The van der Waals surface area contributed by atoms with E-state index in [4.69, 9.17) is 0 Å². The Labute approximate surface area is 144 Å². The van der Waals surface area contributed by atoms with Gasteiger partial charge in [-0.3, -0.25) is 4.79 Å². The van der Waals surface area contributed by atoms with Crippen LogP contribution in [0.3, 0.4) is 0 Å². The number of carbonyl (C=O) groups excluding carboxylic acids is 2. The molecule has 126 valence electrons. The molecule has 24 heavy (non-hydrogen) atoms. The lowest BCUT2D eigenvalue weighted by molar-refractivity contribution is -0.118. The molecule has 0 spiro atoms. The van der Waals surface area contributed by atoms with Crippen molar-refractivity contribution in [1.29, 1.82) is 0 Å². The Hall–Kier alpha value is -2.41. The third-order valence-electron chi connectivity index (χ3n) is 3.92. The Balaban J connectivity index is 1.35. The van der Waals surface area contributed by atoms with Gasteiger partial charge in [-0.05, 0) is 24.5 Å². The van der Waals surface area contributed by atoms with Gasteiger partial charge in [0.25, 0.3) is 0 Å². The van der Waals surface area contributed by atoms with Crippen LogP contribution >= 0.6 is 11.3 Å². The van der Waals surface area contributed by atoms with E-state index in [1.54, 1.807) is 6.20 Å². The first kappa shape index (κ1) is 16.4. The lowest BCUT2D eigenvalue weighted by Gasteiger charge is -2.17. The van der Waals surface area contributed by atoms with Crippen LogP contribution in [0.2, 0.25) is 0 Å². The van der Waals surface area contributed by atoms with Gasteiger partial charge in [0.05, 0.1) is 6.54 Å². The molecule has 2 heterocycles. The van der Waals surface area contributed by atoms with Crippen molar-refractivity contribution < 1.29 is 9.59 Å². The predicted molar refractivity (Wildman–Crippen MR) is 94.1 cm³/mol. The predicted octanol–water partition coefficient (Wildman–Crippen LogP) is 2.31. The fraction of sp³-hybridized carbons (Fsp3) is 0.353. The van der Waals surface area contributed by atoms with Crippen LogP contribution in [-0.2, 0) is 17.8 Å². The maximum Gasteiger partial charge on any atom is 0.315 e. The molecule has 1 aliphatic rings. The smallest absolute Gasteiger partial charge is 0.315 e. The molecule has 0 aliphatic carbocycles. The van der Waals surface area contributed by atoms with Crippen molar-refractivity contribution in [2.45, 2.75) is 25.8 Å². The van der Waals surface area contributed by atoms with E-state index in [2.05, 4.69) is 21.7 Å². The summed E-state index contributed by atoms with van der Waals surface area (Å²) in [7, 11) is 0. The highest BCUT2D eigenvalue weighted by Crippen LogP contribution is 2.27. The number of nitrogens with zero attached hydrogens (tertiary/aromatic N) is 2. The summed E-state index contributed by atoms with van der Waals surface area (Å²) >= 11 is 1.50. The average molecular weight is 344 g/mol. The Kier molecular flexibility index (Phi) is 5.43. The number of benzene rings is 1. The van der Waals surface area contributed by atoms with E-state index in [1.807, 2.05) is 28.5 Å². The van der Waals surface area contributed by atoms with Crippen LogP contribution in [0.15, 0.2) is 35.8 Å². The molecule has 1 aromatic carbocycles. The molecule has 0 saturated heterocycles. The maximum atomic E-state index is 12.3. The van der Waals surface area contributed by atoms with E-state index in [1.165, 1.54) is 16.9 Å². The minimum Gasteiger partial charge on any atom is -0.338 e. The number of fused-ring (bicyclic) bond motifs is 1. The zero-order valence-electron chi connectivity index (χ0n) is 13.3. The van der Waals surface area contributed by atoms with Gasteiger partial charge in [-0.15, -0.1) is 11.3 Å². The maximum absolute atomic E-state index is 12.3. The van der Waals surface area contributed by atoms with Crippen LogP contribution in [-0.4, -0.2) is 30.0 Å². The number of anilines is 1.